The van der Waals surface area contributed by atoms with Crippen molar-refractivity contribution in [2.24, 2.45) is 11.8 Å². The van der Waals surface area contributed by atoms with Crippen LogP contribution in [0.25, 0.3) is 0 Å². The van der Waals surface area contributed by atoms with E-state index >= 15 is 0 Å². The Balaban J connectivity index is 2.36. The molecular weight excluding hydrogens is 787 g/mol. The summed E-state index contributed by atoms with van der Waals surface area (Å²) in [7, 11) is 1.67. The highest BCUT2D eigenvalue weighted by Crippen LogP contribution is 2.23. The van der Waals surface area contributed by atoms with Crippen molar-refractivity contribution in [3.63, 3.8) is 0 Å². The van der Waals surface area contributed by atoms with Crippen LogP contribution in [0.2, 0.25) is 0 Å². The van der Waals surface area contributed by atoms with Gasteiger partial charge in [0.15, 0.2) is 0 Å². The SMILES string of the molecule is CCCCCCC(CCCCCC)CCOC(=O)CCCCCCCN(CCCCCCCC(=O)OCCC(CCCCCC)CCCCCC)CCCNc1c(NC)c(=O)c1=O. The first kappa shape index (κ1) is 58.6. The molecule has 0 saturated carbocycles. The van der Waals surface area contributed by atoms with Gasteiger partial charge in [0.25, 0.3) is 10.9 Å². The fraction of sp³-hybridized carbons (Fsp3) is 0.889. The minimum Gasteiger partial charge on any atom is -0.466 e. The molecule has 0 atom stereocenters. The lowest BCUT2D eigenvalue weighted by Crippen LogP contribution is -2.37. The molecule has 1 aromatic carbocycles. The number of esters is 2. The van der Waals surface area contributed by atoms with Crippen LogP contribution in [0.1, 0.15) is 252 Å². The Bertz CT molecular complexity index is 1190. The van der Waals surface area contributed by atoms with E-state index in [-0.39, 0.29) is 11.9 Å². The van der Waals surface area contributed by atoms with E-state index in [9.17, 15) is 19.2 Å². The summed E-state index contributed by atoms with van der Waals surface area (Å²) in [5.74, 6) is 1.31. The highest BCUT2D eigenvalue weighted by atomic mass is 16.5. The molecule has 1 aromatic rings. The van der Waals surface area contributed by atoms with E-state index in [1.807, 2.05) is 0 Å². The summed E-state index contributed by atoms with van der Waals surface area (Å²) >= 11 is 0. The summed E-state index contributed by atoms with van der Waals surface area (Å²) < 4.78 is 11.4. The maximum atomic E-state index is 12.5. The number of rotatable bonds is 48. The molecule has 63 heavy (non-hydrogen) atoms. The van der Waals surface area contributed by atoms with Crippen molar-refractivity contribution in [2.45, 2.75) is 252 Å². The Morgan fingerprint density at radius 1 is 0.444 bits per heavy atom. The maximum Gasteiger partial charge on any atom is 0.305 e. The fourth-order valence-electron chi connectivity index (χ4n) is 9.05. The van der Waals surface area contributed by atoms with E-state index in [4.69, 9.17) is 9.47 Å². The number of carbonyl (C=O) groups excluding carboxylic acids is 2. The molecule has 9 nitrogen and oxygen atoms in total. The lowest BCUT2D eigenvalue weighted by Gasteiger charge is -2.23. The highest BCUT2D eigenvalue weighted by molar-refractivity contribution is 5.73. The van der Waals surface area contributed by atoms with Crippen LogP contribution in [0.15, 0.2) is 9.59 Å². The average molecular weight is 888 g/mol. The average Bonchev–Trinajstić information content (AvgIpc) is 3.28. The molecule has 2 N–H and O–H groups in total. The molecule has 0 aromatic heterocycles. The third kappa shape index (κ3) is 32.0. The van der Waals surface area contributed by atoms with Crippen LogP contribution in [0.5, 0.6) is 0 Å². The number of hydrogen-bond acceptors (Lipinski definition) is 9. The number of hydrogen-bond donors (Lipinski definition) is 2. The monoisotopic (exact) mass is 888 g/mol. The minimum absolute atomic E-state index is 0.0312. The second-order valence-corrected chi connectivity index (χ2v) is 19.0. The van der Waals surface area contributed by atoms with E-state index in [1.165, 1.54) is 128 Å². The summed E-state index contributed by atoms with van der Waals surface area (Å²) in [6.45, 7) is 13.9. The van der Waals surface area contributed by atoms with Gasteiger partial charge in [0.05, 0.1) is 13.2 Å². The zero-order chi connectivity index (χ0) is 46.0. The van der Waals surface area contributed by atoms with E-state index in [0.717, 1.165) is 103 Å². The zero-order valence-electron chi connectivity index (χ0n) is 42.0. The Morgan fingerprint density at radius 2 is 0.794 bits per heavy atom. The molecule has 0 unspecified atom stereocenters. The number of ether oxygens (including phenoxy) is 2. The summed E-state index contributed by atoms with van der Waals surface area (Å²) in [4.78, 5) is 51.4. The molecule has 0 aliphatic heterocycles. The molecule has 0 radical (unpaired) electrons. The molecular formula is C54H101N3O6. The third-order valence-electron chi connectivity index (χ3n) is 13.3. The number of nitrogens with one attached hydrogen (secondary N) is 2. The van der Waals surface area contributed by atoms with Gasteiger partial charge in [-0.3, -0.25) is 19.2 Å². The number of anilines is 2. The molecule has 0 spiro atoms. The Morgan fingerprint density at radius 3 is 1.19 bits per heavy atom. The van der Waals surface area contributed by atoms with Crippen molar-refractivity contribution in [3.05, 3.63) is 20.4 Å². The topological polar surface area (TPSA) is 114 Å². The van der Waals surface area contributed by atoms with E-state index in [0.29, 0.717) is 55.8 Å². The first-order chi connectivity index (χ1) is 30.8. The van der Waals surface area contributed by atoms with Gasteiger partial charge in [-0.05, 0) is 76.4 Å². The van der Waals surface area contributed by atoms with Gasteiger partial charge in [0.1, 0.15) is 11.4 Å². The van der Waals surface area contributed by atoms with Crippen molar-refractivity contribution in [1.29, 1.82) is 0 Å². The molecule has 0 aliphatic carbocycles. The van der Waals surface area contributed by atoms with Gasteiger partial charge in [-0.15, -0.1) is 0 Å². The lowest BCUT2D eigenvalue weighted by molar-refractivity contribution is -0.145. The van der Waals surface area contributed by atoms with Gasteiger partial charge in [-0.1, -0.05) is 195 Å². The Hall–Kier alpha value is -2.42. The summed E-state index contributed by atoms with van der Waals surface area (Å²) in [5.41, 5.74) is -0.0573. The standard InChI is InChI=1S/C54H101N3O6/c1-6-10-14-24-33-47(34-25-15-11-7-2)39-45-62-49(58)37-28-20-18-22-30-42-57(44-32-41-56-52-51(55-5)53(60)54(52)61)43-31-23-19-21-29-38-50(59)63-46-40-48(35-26-16-12-8-3)36-27-17-13-9-4/h47-48,55-56H,6-46H2,1-5H3. The molecule has 0 fully saturated rings. The largest absolute Gasteiger partial charge is 0.466 e. The molecule has 0 saturated heterocycles. The third-order valence-corrected chi connectivity index (χ3v) is 13.3. The Kier molecular flexibility index (Phi) is 39.3. The second kappa shape index (κ2) is 42.2. The van der Waals surface area contributed by atoms with E-state index < -0.39 is 10.9 Å². The van der Waals surface area contributed by atoms with Crippen molar-refractivity contribution in [3.8, 4) is 0 Å². The van der Waals surface area contributed by atoms with Gasteiger partial charge >= 0.3 is 11.9 Å². The van der Waals surface area contributed by atoms with Crippen LogP contribution < -0.4 is 21.5 Å². The number of unbranched alkanes of at least 4 members (excludes halogenated alkanes) is 20. The Labute approximate surface area is 387 Å². The summed E-state index contributed by atoms with van der Waals surface area (Å²) in [6, 6.07) is 0. The number of nitrogens with zero attached hydrogens (tertiary/aromatic N) is 1. The predicted octanol–water partition coefficient (Wildman–Crippen LogP) is 14.1. The minimum atomic E-state index is -0.439. The zero-order valence-corrected chi connectivity index (χ0v) is 42.0. The fourth-order valence-corrected chi connectivity index (χ4v) is 9.05. The quantitative estimate of drug-likeness (QED) is 0.0375. The molecule has 9 heteroatoms. The lowest BCUT2D eigenvalue weighted by atomic mass is 9.92. The van der Waals surface area contributed by atoms with Gasteiger partial charge in [0, 0.05) is 26.4 Å². The molecule has 0 amide bonds. The normalized spacial score (nSPS) is 11.7. The number of carbonyl (C=O) groups is 2. The highest BCUT2D eigenvalue weighted by Gasteiger charge is 2.19. The van der Waals surface area contributed by atoms with Crippen LogP contribution in [-0.2, 0) is 19.1 Å². The summed E-state index contributed by atoms with van der Waals surface area (Å²) in [6.07, 6.45) is 40.6. The predicted molar refractivity (Wildman–Crippen MR) is 269 cm³/mol. The van der Waals surface area contributed by atoms with Crippen molar-refractivity contribution in [2.75, 3.05) is 57.1 Å². The second-order valence-electron chi connectivity index (χ2n) is 19.0. The van der Waals surface area contributed by atoms with Crippen LogP contribution in [0, 0.1) is 11.8 Å². The van der Waals surface area contributed by atoms with Crippen molar-refractivity contribution in [1.82, 2.24) is 4.90 Å². The van der Waals surface area contributed by atoms with E-state index in [1.54, 1.807) is 7.05 Å². The van der Waals surface area contributed by atoms with Crippen molar-refractivity contribution >= 4 is 23.3 Å². The van der Waals surface area contributed by atoms with Crippen LogP contribution in [0.3, 0.4) is 0 Å². The van der Waals surface area contributed by atoms with Crippen LogP contribution >= 0.6 is 0 Å². The van der Waals surface area contributed by atoms with Gasteiger partial charge < -0.3 is 25.0 Å². The first-order valence-electron chi connectivity index (χ1n) is 27.1. The van der Waals surface area contributed by atoms with Crippen LogP contribution in [0.4, 0.5) is 11.4 Å². The molecule has 0 heterocycles. The maximum absolute atomic E-state index is 12.5. The molecule has 0 bridgehead atoms. The van der Waals surface area contributed by atoms with Crippen LogP contribution in [-0.4, -0.2) is 63.3 Å². The first-order valence-corrected chi connectivity index (χ1v) is 27.1. The van der Waals surface area contributed by atoms with E-state index in [2.05, 4.69) is 43.2 Å². The molecule has 1 rings (SSSR count). The van der Waals surface area contributed by atoms with Crippen molar-refractivity contribution < 1.29 is 19.1 Å². The smallest absolute Gasteiger partial charge is 0.305 e. The summed E-state index contributed by atoms with van der Waals surface area (Å²) in [5, 5.41) is 6.02. The molecule has 368 valence electrons. The van der Waals surface area contributed by atoms with Gasteiger partial charge in [-0.25, -0.2) is 0 Å². The van der Waals surface area contributed by atoms with Gasteiger partial charge in [0.2, 0.25) is 0 Å². The molecule has 0 aliphatic rings. The van der Waals surface area contributed by atoms with Gasteiger partial charge in [-0.2, -0.15) is 0 Å².